The quantitative estimate of drug-likeness (QED) is 0.0887. The average molecular weight is 615 g/mol. The van der Waals surface area contributed by atoms with E-state index in [9.17, 15) is 15.0 Å². The van der Waals surface area contributed by atoms with Gasteiger partial charge in [-0.25, -0.2) is 0 Å². The zero-order chi connectivity index (χ0) is 31.1. The maximum atomic E-state index is 14.0. The zero-order valence-corrected chi connectivity index (χ0v) is 27.6. The summed E-state index contributed by atoms with van der Waals surface area (Å²) in [6.45, 7) is 13.9. The number of phenolic OH excluding ortho intramolecular Hbond substituents is 2. The Kier molecular flexibility index (Phi) is 10.6. The van der Waals surface area contributed by atoms with Gasteiger partial charge >= 0.3 is 0 Å². The van der Waals surface area contributed by atoms with Crippen molar-refractivity contribution in [2.45, 2.75) is 74.9 Å². The van der Waals surface area contributed by atoms with Gasteiger partial charge in [0.2, 0.25) is 0 Å². The molecule has 4 aromatic rings. The number of benzene rings is 4. The average Bonchev–Trinajstić information content (AvgIpc) is 2.99. The van der Waals surface area contributed by atoms with Crippen molar-refractivity contribution in [3.05, 3.63) is 114 Å². The SMILES string of the molecule is CC(C)[Si](Oc1cccc(C(Sc2cc(OCc3ccccc3)ccc2O)C(=O)c2ccc(O)cc2)c1)(C(C)C)C(C)C. The number of rotatable bonds is 13. The predicted octanol–water partition coefficient (Wildman–Crippen LogP) is 9.95. The predicted molar refractivity (Wildman–Crippen MR) is 178 cm³/mol. The summed E-state index contributed by atoms with van der Waals surface area (Å²) in [7, 11) is -2.23. The second kappa shape index (κ2) is 14.2. The van der Waals surface area contributed by atoms with Crippen LogP contribution < -0.4 is 9.16 Å². The molecule has 4 aromatic carbocycles. The first kappa shape index (κ1) is 32.2. The third kappa shape index (κ3) is 7.64. The van der Waals surface area contributed by atoms with Crippen molar-refractivity contribution in [1.29, 1.82) is 0 Å². The molecule has 4 rings (SSSR count). The number of hydrogen-bond acceptors (Lipinski definition) is 6. The van der Waals surface area contributed by atoms with Gasteiger partial charge in [-0.05, 0) is 82.3 Å². The summed E-state index contributed by atoms with van der Waals surface area (Å²) in [5, 5.41) is 20.0. The van der Waals surface area contributed by atoms with Crippen LogP contribution in [0.3, 0.4) is 0 Å². The summed E-state index contributed by atoms with van der Waals surface area (Å²) in [6.07, 6.45) is 0. The molecule has 0 amide bonds. The van der Waals surface area contributed by atoms with Crippen LogP contribution in [0, 0.1) is 0 Å². The molecule has 0 fully saturated rings. The van der Waals surface area contributed by atoms with E-state index in [-0.39, 0.29) is 17.3 Å². The highest BCUT2D eigenvalue weighted by Crippen LogP contribution is 2.46. The maximum absolute atomic E-state index is 14.0. The van der Waals surface area contributed by atoms with E-state index in [0.717, 1.165) is 16.9 Å². The minimum atomic E-state index is -2.23. The van der Waals surface area contributed by atoms with Gasteiger partial charge < -0.3 is 19.4 Å². The zero-order valence-electron chi connectivity index (χ0n) is 25.8. The van der Waals surface area contributed by atoms with Gasteiger partial charge in [-0.3, -0.25) is 4.79 Å². The molecule has 0 aliphatic rings. The lowest BCUT2D eigenvalue weighted by Gasteiger charge is -2.42. The topological polar surface area (TPSA) is 76.0 Å². The van der Waals surface area contributed by atoms with E-state index < -0.39 is 13.6 Å². The van der Waals surface area contributed by atoms with Crippen molar-refractivity contribution in [3.8, 4) is 23.0 Å². The smallest absolute Gasteiger partial charge is 0.258 e. The van der Waals surface area contributed by atoms with Crippen LogP contribution in [0.1, 0.15) is 68.3 Å². The highest BCUT2D eigenvalue weighted by atomic mass is 32.2. The van der Waals surface area contributed by atoms with Crippen molar-refractivity contribution in [2.75, 3.05) is 0 Å². The summed E-state index contributed by atoms with van der Waals surface area (Å²) in [5.74, 6) is 1.37. The third-order valence-corrected chi connectivity index (χ3v) is 15.3. The summed E-state index contributed by atoms with van der Waals surface area (Å²) in [5.41, 5.74) is 3.47. The van der Waals surface area contributed by atoms with Crippen LogP contribution in [0.15, 0.2) is 102 Å². The number of thioether (sulfide) groups is 1. The molecule has 2 N–H and O–H groups in total. The Morgan fingerprint density at radius 3 is 2.02 bits per heavy atom. The van der Waals surface area contributed by atoms with Gasteiger partial charge in [-0.1, -0.05) is 84.0 Å². The second-order valence-electron chi connectivity index (χ2n) is 11.8. The normalized spacial score (nSPS) is 12.5. The molecule has 7 heteroatoms. The molecule has 0 saturated carbocycles. The van der Waals surface area contributed by atoms with E-state index in [4.69, 9.17) is 9.16 Å². The molecule has 0 radical (unpaired) electrons. The molecule has 0 heterocycles. The van der Waals surface area contributed by atoms with Crippen molar-refractivity contribution in [3.63, 3.8) is 0 Å². The van der Waals surface area contributed by atoms with Crippen molar-refractivity contribution < 1.29 is 24.2 Å². The molecule has 0 saturated heterocycles. The van der Waals surface area contributed by atoms with Crippen LogP contribution in [-0.2, 0) is 6.61 Å². The minimum absolute atomic E-state index is 0.0684. The van der Waals surface area contributed by atoms with Crippen LogP contribution in [-0.4, -0.2) is 24.3 Å². The summed E-state index contributed by atoms with van der Waals surface area (Å²) >= 11 is 1.27. The third-order valence-electron chi connectivity index (χ3n) is 7.98. The number of phenols is 2. The van der Waals surface area contributed by atoms with Crippen LogP contribution in [0.4, 0.5) is 0 Å². The molecule has 5 nitrogen and oxygen atoms in total. The molecular formula is C36H42O5SSi. The lowest BCUT2D eigenvalue weighted by Crippen LogP contribution is -2.50. The van der Waals surface area contributed by atoms with Crippen LogP contribution >= 0.6 is 11.8 Å². The Labute approximate surface area is 261 Å². The molecule has 0 bridgehead atoms. The van der Waals surface area contributed by atoms with Gasteiger partial charge in [0.1, 0.15) is 29.6 Å². The van der Waals surface area contributed by atoms with Gasteiger partial charge in [-0.15, -0.1) is 11.8 Å². The number of aromatic hydroxyl groups is 2. The lowest BCUT2D eigenvalue weighted by molar-refractivity contribution is 0.0989. The fourth-order valence-electron chi connectivity index (χ4n) is 5.90. The molecule has 0 aliphatic heterocycles. The van der Waals surface area contributed by atoms with E-state index in [0.29, 0.717) is 39.4 Å². The van der Waals surface area contributed by atoms with E-state index in [1.165, 1.54) is 23.9 Å². The molecule has 226 valence electrons. The van der Waals surface area contributed by atoms with E-state index >= 15 is 0 Å². The van der Waals surface area contributed by atoms with E-state index in [1.807, 2.05) is 54.6 Å². The maximum Gasteiger partial charge on any atom is 0.258 e. The van der Waals surface area contributed by atoms with E-state index in [2.05, 4.69) is 41.5 Å². The van der Waals surface area contributed by atoms with Gasteiger partial charge in [-0.2, -0.15) is 0 Å². The number of ether oxygens (including phenoxy) is 1. The molecule has 0 aromatic heterocycles. The summed E-state index contributed by atoms with van der Waals surface area (Å²) in [6, 6.07) is 29.0. The first-order valence-electron chi connectivity index (χ1n) is 14.8. The Morgan fingerprint density at radius 1 is 0.744 bits per heavy atom. The Morgan fingerprint density at radius 2 is 1.40 bits per heavy atom. The van der Waals surface area contributed by atoms with Gasteiger partial charge in [0, 0.05) is 5.56 Å². The van der Waals surface area contributed by atoms with Crippen LogP contribution in [0.5, 0.6) is 23.0 Å². The summed E-state index contributed by atoms with van der Waals surface area (Å²) < 4.78 is 13.0. The monoisotopic (exact) mass is 614 g/mol. The Balaban J connectivity index is 1.70. The molecular weight excluding hydrogens is 573 g/mol. The number of ketones is 1. The fraction of sp³-hybridized carbons (Fsp3) is 0.306. The fourth-order valence-corrected chi connectivity index (χ4v) is 12.3. The largest absolute Gasteiger partial charge is 0.543 e. The number of carbonyl (C=O) groups is 1. The first-order chi connectivity index (χ1) is 20.5. The number of Topliss-reactive ketones (excluding diaryl/α,β-unsaturated/α-hetero) is 1. The van der Waals surface area contributed by atoms with Gasteiger partial charge in [0.05, 0.1) is 10.1 Å². The van der Waals surface area contributed by atoms with Crippen molar-refractivity contribution >= 4 is 25.9 Å². The molecule has 0 aliphatic carbocycles. The number of carbonyl (C=O) groups excluding carboxylic acids is 1. The second-order valence-corrected chi connectivity index (χ2v) is 18.3. The molecule has 1 unspecified atom stereocenters. The summed E-state index contributed by atoms with van der Waals surface area (Å²) in [4.78, 5) is 14.6. The van der Waals surface area contributed by atoms with Crippen molar-refractivity contribution in [2.24, 2.45) is 0 Å². The van der Waals surface area contributed by atoms with Crippen LogP contribution in [0.2, 0.25) is 16.6 Å². The molecule has 0 spiro atoms. The minimum Gasteiger partial charge on any atom is -0.543 e. The first-order valence-corrected chi connectivity index (χ1v) is 17.8. The van der Waals surface area contributed by atoms with E-state index in [1.54, 1.807) is 30.3 Å². The number of hydrogen-bond donors (Lipinski definition) is 2. The molecule has 43 heavy (non-hydrogen) atoms. The highest BCUT2D eigenvalue weighted by Gasteiger charge is 2.47. The highest BCUT2D eigenvalue weighted by molar-refractivity contribution is 8.00. The lowest BCUT2D eigenvalue weighted by atomic mass is 10.0. The standard InChI is InChI=1S/C36H42O5SSi/c1-24(2)43(25(3)4,26(5)6)41-32-14-10-13-29(21-32)36(35(39)28-15-17-30(37)18-16-28)42-34-22-31(19-20-33(34)38)40-23-27-11-8-7-9-12-27/h7-22,24-26,36-38H,23H2,1-6H3. The Bertz CT molecular complexity index is 1480. The molecule has 1 atom stereocenters. The van der Waals surface area contributed by atoms with Gasteiger partial charge in [0.25, 0.3) is 8.32 Å². The van der Waals surface area contributed by atoms with Gasteiger partial charge in [0.15, 0.2) is 5.78 Å². The Hall–Kier alpha value is -3.68. The van der Waals surface area contributed by atoms with Crippen LogP contribution in [0.25, 0.3) is 0 Å². The van der Waals surface area contributed by atoms with Crippen molar-refractivity contribution in [1.82, 2.24) is 0 Å².